The Labute approximate surface area is 214 Å². The summed E-state index contributed by atoms with van der Waals surface area (Å²) in [5.41, 5.74) is 5.46. The first kappa shape index (κ1) is 31.1. The Bertz CT molecular complexity index is 915. The SMILES string of the molecule is CCC(C)C(=O)OCC[C@@](N)(Cc1ccc(OC(=O)C(C)CC)c(OC(=O)C(C)CC)c1)C(=O)OC. The standard InChI is InChI=1S/C27H41NO8/c1-8-17(4)23(29)34-14-13-27(28,26(32)33-7)16-20-11-12-21(35-24(30)18(5)9-2)22(15-20)36-25(31)19(6)10-3/h11-12,15,17-19H,8-10,13-14,16,28H2,1-7H3/t17?,18?,19?,27-/m1/s1. The highest BCUT2D eigenvalue weighted by molar-refractivity contribution is 5.81. The normalized spacial score (nSPS) is 15.1. The third kappa shape index (κ3) is 8.93. The van der Waals surface area contributed by atoms with E-state index in [4.69, 9.17) is 24.7 Å². The fraction of sp³-hybridized carbons (Fsp3) is 0.630. The summed E-state index contributed by atoms with van der Waals surface area (Å²) >= 11 is 0. The van der Waals surface area contributed by atoms with E-state index in [0.29, 0.717) is 24.8 Å². The van der Waals surface area contributed by atoms with Gasteiger partial charge in [0.15, 0.2) is 11.5 Å². The summed E-state index contributed by atoms with van der Waals surface area (Å²) < 4.78 is 21.2. The van der Waals surface area contributed by atoms with E-state index in [1.54, 1.807) is 26.8 Å². The number of benzene rings is 1. The second-order valence-corrected chi connectivity index (χ2v) is 9.29. The van der Waals surface area contributed by atoms with Gasteiger partial charge in [0, 0.05) is 12.8 Å². The molecule has 0 amide bonds. The monoisotopic (exact) mass is 507 g/mol. The molecule has 0 radical (unpaired) electrons. The Balaban J connectivity index is 3.22. The number of carbonyl (C=O) groups is 4. The minimum absolute atomic E-state index is 0.00796. The maximum Gasteiger partial charge on any atom is 0.326 e. The van der Waals surface area contributed by atoms with Gasteiger partial charge in [-0.05, 0) is 37.0 Å². The van der Waals surface area contributed by atoms with Gasteiger partial charge in [0.25, 0.3) is 0 Å². The predicted molar refractivity (Wildman–Crippen MR) is 134 cm³/mol. The van der Waals surface area contributed by atoms with Gasteiger partial charge in [-0.1, -0.05) is 47.6 Å². The highest BCUT2D eigenvalue weighted by Crippen LogP contribution is 2.32. The van der Waals surface area contributed by atoms with Crippen LogP contribution in [0.25, 0.3) is 0 Å². The number of hydrogen-bond acceptors (Lipinski definition) is 9. The molecule has 0 aliphatic rings. The first-order valence-corrected chi connectivity index (χ1v) is 12.5. The summed E-state index contributed by atoms with van der Waals surface area (Å²) in [4.78, 5) is 49.5. The molecule has 0 spiro atoms. The van der Waals surface area contributed by atoms with Crippen molar-refractivity contribution in [1.29, 1.82) is 0 Å². The van der Waals surface area contributed by atoms with Gasteiger partial charge in [0.1, 0.15) is 5.54 Å². The van der Waals surface area contributed by atoms with Crippen molar-refractivity contribution in [2.75, 3.05) is 13.7 Å². The molecule has 9 heteroatoms. The van der Waals surface area contributed by atoms with Gasteiger partial charge in [-0.15, -0.1) is 0 Å². The van der Waals surface area contributed by atoms with Crippen molar-refractivity contribution in [2.45, 2.75) is 79.2 Å². The first-order chi connectivity index (χ1) is 16.9. The Morgan fingerprint density at radius 1 is 0.833 bits per heavy atom. The van der Waals surface area contributed by atoms with Gasteiger partial charge in [-0.2, -0.15) is 0 Å². The van der Waals surface area contributed by atoms with Crippen molar-refractivity contribution in [3.05, 3.63) is 23.8 Å². The average molecular weight is 508 g/mol. The predicted octanol–water partition coefficient (Wildman–Crippen LogP) is 3.98. The number of rotatable bonds is 14. The van der Waals surface area contributed by atoms with Crippen LogP contribution in [0.1, 0.15) is 72.8 Å². The highest BCUT2D eigenvalue weighted by atomic mass is 16.6. The van der Waals surface area contributed by atoms with E-state index in [9.17, 15) is 19.2 Å². The molecule has 202 valence electrons. The molecule has 0 fully saturated rings. The average Bonchev–Trinajstić information content (AvgIpc) is 2.87. The molecule has 2 N–H and O–H groups in total. The molecule has 0 saturated carbocycles. The van der Waals surface area contributed by atoms with Crippen molar-refractivity contribution < 1.29 is 38.1 Å². The molecule has 3 unspecified atom stereocenters. The van der Waals surface area contributed by atoms with Crippen LogP contribution < -0.4 is 15.2 Å². The molecule has 0 saturated heterocycles. The summed E-state index contributed by atoms with van der Waals surface area (Å²) in [7, 11) is 1.23. The maximum atomic E-state index is 12.6. The Morgan fingerprint density at radius 3 is 1.83 bits per heavy atom. The van der Waals surface area contributed by atoms with Crippen LogP contribution in [0.15, 0.2) is 18.2 Å². The topological polar surface area (TPSA) is 131 Å². The molecule has 4 atom stereocenters. The lowest BCUT2D eigenvalue weighted by atomic mass is 9.88. The molecule has 0 aliphatic heterocycles. The summed E-state index contributed by atoms with van der Waals surface area (Å²) in [5.74, 6) is -2.76. The second kappa shape index (κ2) is 14.6. The molecule has 0 bridgehead atoms. The molecule has 1 rings (SSSR count). The van der Waals surface area contributed by atoms with Crippen LogP contribution >= 0.6 is 0 Å². The highest BCUT2D eigenvalue weighted by Gasteiger charge is 2.36. The van der Waals surface area contributed by atoms with Crippen molar-refractivity contribution >= 4 is 23.9 Å². The van der Waals surface area contributed by atoms with E-state index in [1.165, 1.54) is 19.2 Å². The minimum atomic E-state index is -1.50. The molecule has 1 aromatic carbocycles. The molecule has 0 aromatic heterocycles. The van der Waals surface area contributed by atoms with Crippen LogP contribution in [0.2, 0.25) is 0 Å². The van der Waals surface area contributed by atoms with Crippen molar-refractivity contribution in [3.63, 3.8) is 0 Å². The van der Waals surface area contributed by atoms with Gasteiger partial charge in [-0.3, -0.25) is 19.2 Å². The number of hydrogen-bond donors (Lipinski definition) is 1. The summed E-state index contributed by atoms with van der Waals surface area (Å²) in [6, 6.07) is 4.67. The van der Waals surface area contributed by atoms with E-state index in [-0.39, 0.29) is 54.7 Å². The van der Waals surface area contributed by atoms with Gasteiger partial charge < -0.3 is 24.7 Å². The third-order valence-corrected chi connectivity index (χ3v) is 6.38. The molecule has 0 heterocycles. The lowest BCUT2D eigenvalue weighted by Crippen LogP contribution is -2.51. The molecule has 9 nitrogen and oxygen atoms in total. The summed E-state index contributed by atoms with van der Waals surface area (Å²) in [6.45, 7) is 10.8. The van der Waals surface area contributed by atoms with Gasteiger partial charge in [0.05, 0.1) is 31.5 Å². The van der Waals surface area contributed by atoms with Gasteiger partial charge >= 0.3 is 23.9 Å². The minimum Gasteiger partial charge on any atom is -0.468 e. The van der Waals surface area contributed by atoms with Crippen molar-refractivity contribution in [3.8, 4) is 11.5 Å². The number of ether oxygens (including phenoxy) is 4. The van der Waals surface area contributed by atoms with Gasteiger partial charge in [-0.25, -0.2) is 0 Å². The fourth-order valence-corrected chi connectivity index (χ4v) is 3.05. The quantitative estimate of drug-likeness (QED) is 0.293. The fourth-order valence-electron chi connectivity index (χ4n) is 3.05. The lowest BCUT2D eigenvalue weighted by molar-refractivity contribution is -0.153. The van der Waals surface area contributed by atoms with Gasteiger partial charge in [0.2, 0.25) is 0 Å². The Kier molecular flexibility index (Phi) is 12.6. The van der Waals surface area contributed by atoms with Crippen LogP contribution in [-0.4, -0.2) is 43.1 Å². The second-order valence-electron chi connectivity index (χ2n) is 9.29. The molecular weight excluding hydrogens is 466 g/mol. The van der Waals surface area contributed by atoms with E-state index >= 15 is 0 Å². The first-order valence-electron chi connectivity index (χ1n) is 12.5. The zero-order valence-electron chi connectivity index (χ0n) is 22.6. The summed E-state index contributed by atoms with van der Waals surface area (Å²) in [6.07, 6.45) is 1.83. The summed E-state index contributed by atoms with van der Waals surface area (Å²) in [5, 5.41) is 0. The Hall–Kier alpha value is -2.94. The maximum absolute atomic E-state index is 12.6. The Morgan fingerprint density at radius 2 is 1.33 bits per heavy atom. The number of esters is 4. The molecular formula is C27H41NO8. The van der Waals surface area contributed by atoms with E-state index in [0.717, 1.165) is 0 Å². The smallest absolute Gasteiger partial charge is 0.326 e. The van der Waals surface area contributed by atoms with E-state index < -0.39 is 23.4 Å². The number of nitrogens with two attached hydrogens (primary N) is 1. The molecule has 36 heavy (non-hydrogen) atoms. The number of methoxy groups -OCH3 is 1. The van der Waals surface area contributed by atoms with Crippen LogP contribution in [-0.2, 0) is 35.1 Å². The van der Waals surface area contributed by atoms with Crippen LogP contribution in [0.5, 0.6) is 11.5 Å². The van der Waals surface area contributed by atoms with E-state index in [1.807, 2.05) is 20.8 Å². The lowest BCUT2D eigenvalue weighted by Gasteiger charge is -2.27. The van der Waals surface area contributed by atoms with Crippen molar-refractivity contribution in [2.24, 2.45) is 23.5 Å². The van der Waals surface area contributed by atoms with Crippen LogP contribution in [0.3, 0.4) is 0 Å². The molecule has 1 aromatic rings. The zero-order chi connectivity index (χ0) is 27.5. The van der Waals surface area contributed by atoms with Crippen LogP contribution in [0.4, 0.5) is 0 Å². The molecule has 0 aliphatic carbocycles. The van der Waals surface area contributed by atoms with E-state index in [2.05, 4.69) is 0 Å². The van der Waals surface area contributed by atoms with Crippen molar-refractivity contribution in [1.82, 2.24) is 0 Å². The zero-order valence-corrected chi connectivity index (χ0v) is 22.6. The van der Waals surface area contributed by atoms with Crippen LogP contribution in [0, 0.1) is 17.8 Å². The number of carbonyl (C=O) groups excluding carboxylic acids is 4. The largest absolute Gasteiger partial charge is 0.468 e. The third-order valence-electron chi connectivity index (χ3n) is 6.38.